The maximum absolute atomic E-state index is 12.5. The SMILES string of the molecule is CCNC(=NCCN(C)CC)N1CCN(S(=O)(=O)Cc2ccon2)CC1.I. The summed E-state index contributed by atoms with van der Waals surface area (Å²) in [5, 5.41) is 7.00. The van der Waals surface area contributed by atoms with E-state index in [1.165, 1.54) is 10.6 Å². The van der Waals surface area contributed by atoms with Crippen LogP contribution in [0.1, 0.15) is 19.5 Å². The molecular weight excluding hydrogens is 483 g/mol. The number of hydrogen-bond acceptors (Lipinski definition) is 6. The highest BCUT2D eigenvalue weighted by atomic mass is 127. The first kappa shape index (κ1) is 24.1. The largest absolute Gasteiger partial charge is 0.364 e. The van der Waals surface area contributed by atoms with Gasteiger partial charge in [0.2, 0.25) is 10.0 Å². The number of hydrogen-bond donors (Lipinski definition) is 1. The minimum atomic E-state index is -3.38. The molecule has 1 aliphatic heterocycles. The second-order valence-electron chi connectivity index (χ2n) is 6.26. The van der Waals surface area contributed by atoms with Gasteiger partial charge in [-0.2, -0.15) is 4.31 Å². The molecule has 1 aromatic heterocycles. The zero-order valence-corrected chi connectivity index (χ0v) is 19.4. The molecule has 0 unspecified atom stereocenters. The van der Waals surface area contributed by atoms with Gasteiger partial charge in [0.05, 0.1) is 12.2 Å². The van der Waals surface area contributed by atoms with Gasteiger partial charge in [-0.15, -0.1) is 24.0 Å². The maximum Gasteiger partial charge on any atom is 0.220 e. The molecule has 0 atom stereocenters. The standard InChI is InChI=1S/C16H30N6O3S.HI/c1-4-17-16(18-7-8-20(3)5-2)21-9-11-22(12-10-21)26(23,24)14-15-6-13-25-19-15;/h6,13H,4-5,7-12,14H2,1-3H3,(H,17,18);1H. The summed E-state index contributed by atoms with van der Waals surface area (Å²) in [7, 11) is -1.31. The third-order valence-electron chi connectivity index (χ3n) is 4.37. The number of sulfonamides is 1. The lowest BCUT2D eigenvalue weighted by Gasteiger charge is -2.35. The Balaban J connectivity index is 0.00000364. The molecule has 1 fully saturated rings. The number of nitrogens with zero attached hydrogens (tertiary/aromatic N) is 5. The van der Waals surface area contributed by atoms with E-state index in [1.807, 2.05) is 6.92 Å². The first-order chi connectivity index (χ1) is 12.5. The van der Waals surface area contributed by atoms with Gasteiger partial charge >= 0.3 is 0 Å². The molecule has 27 heavy (non-hydrogen) atoms. The van der Waals surface area contributed by atoms with Crippen molar-refractivity contribution in [3.8, 4) is 0 Å². The Kier molecular flexibility index (Phi) is 10.6. The van der Waals surface area contributed by atoms with Crippen LogP contribution in [0.15, 0.2) is 21.8 Å². The van der Waals surface area contributed by atoms with Crippen LogP contribution in [0.5, 0.6) is 0 Å². The predicted molar refractivity (Wildman–Crippen MR) is 117 cm³/mol. The van der Waals surface area contributed by atoms with E-state index in [1.54, 1.807) is 6.07 Å². The van der Waals surface area contributed by atoms with E-state index in [9.17, 15) is 8.42 Å². The summed E-state index contributed by atoms with van der Waals surface area (Å²) in [4.78, 5) is 9.00. The van der Waals surface area contributed by atoms with E-state index in [2.05, 4.69) is 39.2 Å². The molecule has 0 bridgehead atoms. The Labute approximate surface area is 179 Å². The molecule has 0 saturated carbocycles. The van der Waals surface area contributed by atoms with E-state index < -0.39 is 10.0 Å². The lowest BCUT2D eigenvalue weighted by atomic mass is 10.4. The van der Waals surface area contributed by atoms with Crippen molar-refractivity contribution in [2.45, 2.75) is 19.6 Å². The Hall–Kier alpha value is -0.920. The van der Waals surface area contributed by atoms with Crippen molar-refractivity contribution < 1.29 is 12.9 Å². The van der Waals surface area contributed by atoms with Crippen molar-refractivity contribution in [2.75, 3.05) is 59.4 Å². The highest BCUT2D eigenvalue weighted by Gasteiger charge is 2.28. The van der Waals surface area contributed by atoms with Gasteiger partial charge in [0, 0.05) is 45.3 Å². The van der Waals surface area contributed by atoms with Gasteiger partial charge in [-0.05, 0) is 20.5 Å². The number of guanidine groups is 1. The fourth-order valence-corrected chi connectivity index (χ4v) is 4.10. The Morgan fingerprint density at radius 2 is 2.04 bits per heavy atom. The third-order valence-corrected chi connectivity index (χ3v) is 6.18. The predicted octanol–water partition coefficient (Wildman–Crippen LogP) is 0.657. The summed E-state index contributed by atoms with van der Waals surface area (Å²) in [6, 6.07) is 1.58. The van der Waals surface area contributed by atoms with Gasteiger partial charge in [0.25, 0.3) is 0 Å². The van der Waals surface area contributed by atoms with E-state index >= 15 is 0 Å². The highest BCUT2D eigenvalue weighted by molar-refractivity contribution is 14.0. The Morgan fingerprint density at radius 3 is 2.59 bits per heavy atom. The van der Waals surface area contributed by atoms with Crippen molar-refractivity contribution in [2.24, 2.45) is 4.99 Å². The number of aromatic nitrogens is 1. The quantitative estimate of drug-likeness (QED) is 0.310. The van der Waals surface area contributed by atoms with E-state index in [-0.39, 0.29) is 29.7 Å². The van der Waals surface area contributed by atoms with Gasteiger partial charge in [-0.25, -0.2) is 8.42 Å². The van der Waals surface area contributed by atoms with Crippen molar-refractivity contribution in [1.82, 2.24) is 24.6 Å². The monoisotopic (exact) mass is 514 g/mol. The van der Waals surface area contributed by atoms with Crippen molar-refractivity contribution in [3.05, 3.63) is 18.0 Å². The van der Waals surface area contributed by atoms with Crippen LogP contribution >= 0.6 is 24.0 Å². The number of halogens is 1. The van der Waals surface area contributed by atoms with E-state index in [0.29, 0.717) is 31.9 Å². The van der Waals surface area contributed by atoms with Crippen LogP contribution in [0.25, 0.3) is 0 Å². The second kappa shape index (κ2) is 11.8. The smallest absolute Gasteiger partial charge is 0.220 e. The summed E-state index contributed by atoms with van der Waals surface area (Å²) >= 11 is 0. The molecule has 0 radical (unpaired) electrons. The summed E-state index contributed by atoms with van der Waals surface area (Å²) in [6.07, 6.45) is 1.39. The second-order valence-corrected chi connectivity index (χ2v) is 8.23. The molecule has 1 aromatic rings. The average molecular weight is 514 g/mol. The molecule has 2 heterocycles. The minimum absolute atomic E-state index is 0. The minimum Gasteiger partial charge on any atom is -0.364 e. The number of aliphatic imine (C=N–C) groups is 1. The molecule has 0 amide bonds. The molecule has 1 N–H and O–H groups in total. The lowest BCUT2D eigenvalue weighted by Crippen LogP contribution is -2.54. The van der Waals surface area contributed by atoms with Crippen LogP contribution in [-0.2, 0) is 15.8 Å². The van der Waals surface area contributed by atoms with Crippen LogP contribution < -0.4 is 5.32 Å². The normalized spacial score (nSPS) is 16.4. The first-order valence-electron chi connectivity index (χ1n) is 9.05. The molecule has 0 spiro atoms. The summed E-state index contributed by atoms with van der Waals surface area (Å²) < 4.78 is 31.3. The number of rotatable bonds is 8. The zero-order valence-electron chi connectivity index (χ0n) is 16.3. The fourth-order valence-electron chi connectivity index (χ4n) is 2.68. The van der Waals surface area contributed by atoms with Crippen LogP contribution in [0.3, 0.4) is 0 Å². The van der Waals surface area contributed by atoms with Gasteiger partial charge in [-0.1, -0.05) is 12.1 Å². The molecule has 0 aromatic carbocycles. The molecule has 1 aliphatic rings. The van der Waals surface area contributed by atoms with Crippen LogP contribution in [0, 0.1) is 0 Å². The number of piperazine rings is 1. The van der Waals surface area contributed by atoms with E-state index in [0.717, 1.165) is 32.1 Å². The Morgan fingerprint density at radius 1 is 1.33 bits per heavy atom. The van der Waals surface area contributed by atoms with Crippen molar-refractivity contribution >= 4 is 40.0 Å². The average Bonchev–Trinajstić information content (AvgIpc) is 3.13. The van der Waals surface area contributed by atoms with Crippen LogP contribution in [-0.4, -0.2) is 93.0 Å². The fraction of sp³-hybridized carbons (Fsp3) is 0.750. The molecule has 1 saturated heterocycles. The van der Waals surface area contributed by atoms with Crippen molar-refractivity contribution in [3.63, 3.8) is 0 Å². The van der Waals surface area contributed by atoms with Crippen molar-refractivity contribution in [1.29, 1.82) is 0 Å². The van der Waals surface area contributed by atoms with E-state index in [4.69, 9.17) is 4.52 Å². The Bertz CT molecular complexity index is 660. The molecule has 2 rings (SSSR count). The molecule has 0 aliphatic carbocycles. The summed E-state index contributed by atoms with van der Waals surface area (Å²) in [6.45, 7) is 9.68. The maximum atomic E-state index is 12.5. The number of likely N-dealkylation sites (N-methyl/N-ethyl adjacent to an activating group) is 1. The number of nitrogens with one attached hydrogen (secondary N) is 1. The van der Waals surface area contributed by atoms with Gasteiger partial charge in [-0.3, -0.25) is 4.99 Å². The molecule has 11 heteroatoms. The van der Waals surface area contributed by atoms with Gasteiger partial charge in [0.15, 0.2) is 5.96 Å². The third kappa shape index (κ3) is 7.54. The van der Waals surface area contributed by atoms with Gasteiger partial charge < -0.3 is 19.6 Å². The molecule has 156 valence electrons. The molecular formula is C16H31IN6O3S. The summed E-state index contributed by atoms with van der Waals surface area (Å²) in [5.74, 6) is 0.728. The van der Waals surface area contributed by atoms with Gasteiger partial charge in [0.1, 0.15) is 12.0 Å². The van der Waals surface area contributed by atoms with Crippen LogP contribution in [0.4, 0.5) is 0 Å². The topological polar surface area (TPSA) is 94.3 Å². The molecule has 9 nitrogen and oxygen atoms in total. The zero-order chi connectivity index (χ0) is 19.0. The summed E-state index contributed by atoms with van der Waals surface area (Å²) in [5.41, 5.74) is 0.433. The lowest BCUT2D eigenvalue weighted by molar-refractivity contribution is 0.259. The first-order valence-corrected chi connectivity index (χ1v) is 10.7. The highest BCUT2D eigenvalue weighted by Crippen LogP contribution is 2.12. The van der Waals surface area contributed by atoms with Crippen LogP contribution in [0.2, 0.25) is 0 Å².